The highest BCUT2D eigenvalue weighted by Gasteiger charge is 2.23. The molecule has 160 valence electrons. The zero-order valence-corrected chi connectivity index (χ0v) is 17.3. The van der Waals surface area contributed by atoms with Crippen molar-refractivity contribution < 1.29 is 9.53 Å². The van der Waals surface area contributed by atoms with Gasteiger partial charge in [0.15, 0.2) is 0 Å². The molecule has 2 aromatic carbocycles. The molecule has 0 radical (unpaired) electrons. The molecule has 3 aromatic rings. The van der Waals surface area contributed by atoms with E-state index in [2.05, 4.69) is 39.4 Å². The minimum absolute atomic E-state index is 0.100. The van der Waals surface area contributed by atoms with Gasteiger partial charge in [0, 0.05) is 38.8 Å². The van der Waals surface area contributed by atoms with Crippen molar-refractivity contribution in [2.24, 2.45) is 0 Å². The number of aromatic nitrogens is 2. The monoisotopic (exact) mass is 418 g/mol. The van der Waals surface area contributed by atoms with Crippen LogP contribution in [0.4, 0.5) is 0 Å². The summed E-state index contributed by atoms with van der Waals surface area (Å²) < 4.78 is 6.31. The minimum Gasteiger partial charge on any atom is -0.367 e. The van der Waals surface area contributed by atoms with Gasteiger partial charge in [0.1, 0.15) is 11.8 Å². The fourth-order valence-corrected chi connectivity index (χ4v) is 3.74. The maximum Gasteiger partial charge on any atom is 0.274 e. The summed E-state index contributed by atoms with van der Waals surface area (Å²) in [5.74, 6) is -0.152. The highest BCUT2D eigenvalue weighted by Crippen LogP contribution is 2.25. The molecule has 0 bridgehead atoms. The Morgan fingerprint density at radius 1 is 0.903 bits per heavy atom. The smallest absolute Gasteiger partial charge is 0.274 e. The van der Waals surface area contributed by atoms with Crippen molar-refractivity contribution in [3.8, 4) is 0 Å². The summed E-state index contributed by atoms with van der Waals surface area (Å²) >= 11 is 0. The first-order valence-corrected chi connectivity index (χ1v) is 10.5. The van der Waals surface area contributed by atoms with Gasteiger partial charge in [0.25, 0.3) is 11.5 Å². The van der Waals surface area contributed by atoms with Crippen LogP contribution in [0, 0.1) is 0 Å². The lowest BCUT2D eigenvalue weighted by Crippen LogP contribution is -2.49. The fourth-order valence-electron chi connectivity index (χ4n) is 3.74. The number of ether oxygens (including phenoxy) is 1. The molecule has 4 rings (SSSR count). The molecule has 1 amide bonds. The van der Waals surface area contributed by atoms with E-state index >= 15 is 0 Å². The number of carbonyl (C=O) groups excluding carboxylic acids is 1. The third-order valence-corrected chi connectivity index (χ3v) is 5.45. The molecule has 1 fully saturated rings. The zero-order chi connectivity index (χ0) is 21.5. The van der Waals surface area contributed by atoms with Crippen molar-refractivity contribution in [1.82, 2.24) is 20.0 Å². The van der Waals surface area contributed by atoms with Crippen LogP contribution in [-0.4, -0.2) is 65.2 Å². The van der Waals surface area contributed by atoms with Gasteiger partial charge in [-0.1, -0.05) is 60.7 Å². The van der Waals surface area contributed by atoms with E-state index in [-0.39, 0.29) is 23.3 Å². The van der Waals surface area contributed by atoms with Crippen molar-refractivity contribution in [3.05, 3.63) is 100.0 Å². The van der Waals surface area contributed by atoms with Crippen LogP contribution < -0.4 is 5.56 Å². The molecule has 1 aromatic heterocycles. The average Bonchev–Trinajstić information content (AvgIpc) is 2.83. The number of H-pyrrole nitrogens is 1. The van der Waals surface area contributed by atoms with E-state index in [4.69, 9.17) is 4.74 Å². The SMILES string of the molecule is O=C(c1ccc(=O)[nH]n1)N1CCN(CCOC(c2ccccc2)c2ccccc2)CC1. The summed E-state index contributed by atoms with van der Waals surface area (Å²) in [7, 11) is 0. The van der Waals surface area contributed by atoms with Gasteiger partial charge in [-0.2, -0.15) is 5.10 Å². The van der Waals surface area contributed by atoms with E-state index in [0.717, 1.165) is 30.8 Å². The Balaban J connectivity index is 1.29. The molecule has 2 heterocycles. The third-order valence-electron chi connectivity index (χ3n) is 5.45. The number of hydrogen-bond donors (Lipinski definition) is 1. The topological polar surface area (TPSA) is 78.5 Å². The van der Waals surface area contributed by atoms with Crippen molar-refractivity contribution in [1.29, 1.82) is 0 Å². The van der Waals surface area contributed by atoms with Gasteiger partial charge in [0.2, 0.25) is 0 Å². The Kier molecular flexibility index (Phi) is 6.86. The molecule has 7 heteroatoms. The van der Waals surface area contributed by atoms with Crippen LogP contribution in [0.5, 0.6) is 0 Å². The molecule has 1 aliphatic heterocycles. The molecular formula is C24H26N4O3. The van der Waals surface area contributed by atoms with E-state index in [9.17, 15) is 9.59 Å². The number of benzene rings is 2. The molecule has 0 saturated carbocycles. The number of nitrogens with zero attached hydrogens (tertiary/aromatic N) is 3. The Morgan fingerprint density at radius 2 is 1.52 bits per heavy atom. The second-order valence-electron chi connectivity index (χ2n) is 7.51. The standard InChI is InChI=1S/C24H26N4O3/c29-22-12-11-21(25-26-22)24(30)28-15-13-27(14-16-28)17-18-31-23(19-7-3-1-4-8-19)20-9-5-2-6-10-20/h1-12,23H,13-18H2,(H,26,29). The molecule has 7 nitrogen and oxygen atoms in total. The van der Waals surface area contributed by atoms with E-state index in [0.29, 0.717) is 19.7 Å². The Labute approximate surface area is 181 Å². The maximum atomic E-state index is 12.5. The quantitative estimate of drug-likeness (QED) is 0.637. The average molecular weight is 418 g/mol. The Hall–Kier alpha value is -3.29. The highest BCUT2D eigenvalue weighted by atomic mass is 16.5. The molecule has 0 spiro atoms. The molecule has 1 saturated heterocycles. The van der Waals surface area contributed by atoms with Crippen LogP contribution in [0.1, 0.15) is 27.7 Å². The maximum absolute atomic E-state index is 12.5. The first-order chi connectivity index (χ1) is 15.2. The van der Waals surface area contributed by atoms with E-state index in [1.807, 2.05) is 36.4 Å². The molecule has 31 heavy (non-hydrogen) atoms. The number of aromatic amines is 1. The summed E-state index contributed by atoms with van der Waals surface area (Å²) in [6, 6.07) is 23.3. The second-order valence-corrected chi connectivity index (χ2v) is 7.51. The lowest BCUT2D eigenvalue weighted by Gasteiger charge is -2.34. The van der Waals surface area contributed by atoms with Crippen molar-refractivity contribution >= 4 is 5.91 Å². The van der Waals surface area contributed by atoms with Gasteiger partial charge in [-0.3, -0.25) is 14.5 Å². The van der Waals surface area contributed by atoms with E-state index in [1.165, 1.54) is 12.1 Å². The summed E-state index contributed by atoms with van der Waals surface area (Å²) in [5.41, 5.74) is 2.23. The number of amides is 1. The second kappa shape index (κ2) is 10.1. The van der Waals surface area contributed by atoms with Gasteiger partial charge >= 0.3 is 0 Å². The van der Waals surface area contributed by atoms with Crippen LogP contribution in [0.15, 0.2) is 77.6 Å². The van der Waals surface area contributed by atoms with Gasteiger partial charge in [-0.15, -0.1) is 0 Å². The lowest BCUT2D eigenvalue weighted by atomic mass is 10.0. The van der Waals surface area contributed by atoms with Crippen LogP contribution in [0.25, 0.3) is 0 Å². The summed E-state index contributed by atoms with van der Waals surface area (Å²) in [6.07, 6.45) is -0.100. The molecule has 0 unspecified atom stereocenters. The first kappa shape index (κ1) is 21.0. The molecule has 0 atom stereocenters. The number of carbonyl (C=O) groups is 1. The fraction of sp³-hybridized carbons (Fsp3) is 0.292. The molecular weight excluding hydrogens is 392 g/mol. The normalized spacial score (nSPS) is 14.7. The summed E-state index contributed by atoms with van der Waals surface area (Å²) in [6.45, 7) is 4.21. The molecule has 1 aliphatic rings. The zero-order valence-electron chi connectivity index (χ0n) is 17.3. The van der Waals surface area contributed by atoms with Crippen molar-refractivity contribution in [2.45, 2.75) is 6.10 Å². The van der Waals surface area contributed by atoms with Crippen LogP contribution in [0.2, 0.25) is 0 Å². The van der Waals surface area contributed by atoms with Gasteiger partial charge in [-0.05, 0) is 17.2 Å². The summed E-state index contributed by atoms with van der Waals surface area (Å²) in [5, 5.41) is 6.15. The number of piperazine rings is 1. The largest absolute Gasteiger partial charge is 0.367 e. The van der Waals surface area contributed by atoms with E-state index < -0.39 is 0 Å². The lowest BCUT2D eigenvalue weighted by molar-refractivity contribution is 0.0406. The molecule has 0 aliphatic carbocycles. The van der Waals surface area contributed by atoms with Crippen molar-refractivity contribution in [2.75, 3.05) is 39.3 Å². The van der Waals surface area contributed by atoms with Crippen LogP contribution in [0.3, 0.4) is 0 Å². The van der Waals surface area contributed by atoms with Gasteiger partial charge in [0.05, 0.1) is 6.61 Å². The van der Waals surface area contributed by atoms with Crippen LogP contribution >= 0.6 is 0 Å². The minimum atomic E-state index is -0.314. The van der Waals surface area contributed by atoms with E-state index in [1.54, 1.807) is 4.90 Å². The predicted molar refractivity (Wildman–Crippen MR) is 118 cm³/mol. The van der Waals surface area contributed by atoms with Crippen LogP contribution in [-0.2, 0) is 4.74 Å². The predicted octanol–water partition coefficient (Wildman–Crippen LogP) is 2.33. The van der Waals surface area contributed by atoms with Gasteiger partial charge in [-0.25, -0.2) is 5.10 Å². The van der Waals surface area contributed by atoms with Gasteiger partial charge < -0.3 is 9.64 Å². The number of nitrogens with one attached hydrogen (secondary N) is 1. The number of hydrogen-bond acceptors (Lipinski definition) is 5. The highest BCUT2D eigenvalue weighted by molar-refractivity contribution is 5.92. The Bertz CT molecular complexity index is 971. The first-order valence-electron chi connectivity index (χ1n) is 10.5. The van der Waals surface area contributed by atoms with Crippen molar-refractivity contribution in [3.63, 3.8) is 0 Å². The summed E-state index contributed by atoms with van der Waals surface area (Å²) in [4.78, 5) is 27.7. The number of rotatable bonds is 7. The molecule has 1 N–H and O–H groups in total. The third kappa shape index (κ3) is 5.45. The Morgan fingerprint density at radius 3 is 2.06 bits per heavy atom.